The maximum absolute atomic E-state index is 6.52. The lowest BCUT2D eigenvalue weighted by atomic mass is 9.92. The summed E-state index contributed by atoms with van der Waals surface area (Å²) in [6.45, 7) is 0. The van der Waals surface area contributed by atoms with Crippen molar-refractivity contribution in [1.29, 1.82) is 0 Å². The van der Waals surface area contributed by atoms with Crippen molar-refractivity contribution in [3.8, 4) is 50.2 Å². The van der Waals surface area contributed by atoms with Gasteiger partial charge in [0.05, 0.1) is 11.0 Å². The fourth-order valence-electron chi connectivity index (χ4n) is 9.97. The minimum Gasteiger partial charge on any atom is -0.456 e. The smallest absolute Gasteiger partial charge is 0.137 e. The van der Waals surface area contributed by atoms with Crippen LogP contribution in [0.3, 0.4) is 0 Å². The Hall–Kier alpha value is -8.20. The number of aromatic nitrogens is 1. The summed E-state index contributed by atoms with van der Waals surface area (Å²) in [5.41, 5.74) is 14.6. The topological polar surface area (TPSA) is 18.1 Å². The van der Waals surface area contributed by atoms with Crippen molar-refractivity contribution in [2.75, 3.05) is 0 Å². The average molecular weight is 788 g/mol. The third-order valence-electron chi connectivity index (χ3n) is 12.9. The van der Waals surface area contributed by atoms with Crippen LogP contribution < -0.4 is 0 Å². The molecule has 0 amide bonds. The molecule has 13 aromatic rings. The predicted molar refractivity (Wildman–Crippen MR) is 262 cm³/mol. The quantitative estimate of drug-likeness (QED) is 0.159. The normalized spacial score (nSPS) is 11.9. The van der Waals surface area contributed by atoms with Gasteiger partial charge in [-0.25, -0.2) is 0 Å². The van der Waals surface area contributed by atoms with Crippen LogP contribution in [0.4, 0.5) is 0 Å². The molecule has 13 rings (SSSR count). The molecule has 2 nitrogen and oxygen atoms in total. The lowest BCUT2D eigenvalue weighted by molar-refractivity contribution is 0.669. The summed E-state index contributed by atoms with van der Waals surface area (Å²) < 4.78 is 8.95. The molecule has 0 unspecified atom stereocenters. The molecule has 62 heavy (non-hydrogen) atoms. The van der Waals surface area contributed by atoms with Gasteiger partial charge in [-0.1, -0.05) is 170 Å². The maximum atomic E-state index is 6.52. The fourth-order valence-corrected chi connectivity index (χ4v) is 9.97. The molecule has 0 radical (unpaired) electrons. The molecule has 0 atom stereocenters. The van der Waals surface area contributed by atoms with Gasteiger partial charge in [0, 0.05) is 33.3 Å². The van der Waals surface area contributed by atoms with E-state index in [9.17, 15) is 0 Å². The average Bonchev–Trinajstić information content (AvgIpc) is 3.88. The first-order valence-corrected chi connectivity index (χ1v) is 21.3. The van der Waals surface area contributed by atoms with Crippen molar-refractivity contribution in [2.45, 2.75) is 0 Å². The van der Waals surface area contributed by atoms with Gasteiger partial charge in [0.1, 0.15) is 11.2 Å². The number of furan rings is 1. The second-order valence-electron chi connectivity index (χ2n) is 16.5. The Bertz CT molecular complexity index is 3800. The number of para-hydroxylation sites is 1. The van der Waals surface area contributed by atoms with Crippen molar-refractivity contribution in [2.24, 2.45) is 0 Å². The lowest BCUT2D eigenvalue weighted by Crippen LogP contribution is -1.96. The predicted octanol–water partition coefficient (Wildman–Crippen LogP) is 16.8. The highest BCUT2D eigenvalue weighted by atomic mass is 16.3. The molecule has 0 spiro atoms. The van der Waals surface area contributed by atoms with E-state index in [0.717, 1.165) is 38.7 Å². The van der Waals surface area contributed by atoms with E-state index in [4.69, 9.17) is 4.42 Å². The molecule has 0 bridgehead atoms. The van der Waals surface area contributed by atoms with Crippen molar-refractivity contribution >= 4 is 76.1 Å². The van der Waals surface area contributed by atoms with E-state index in [1.807, 2.05) is 6.07 Å². The molecule has 2 aromatic heterocycles. The van der Waals surface area contributed by atoms with Crippen molar-refractivity contribution in [3.63, 3.8) is 0 Å². The molecule has 0 saturated carbocycles. The summed E-state index contributed by atoms with van der Waals surface area (Å²) in [5, 5.41) is 12.4. The second-order valence-corrected chi connectivity index (χ2v) is 16.5. The van der Waals surface area contributed by atoms with E-state index in [2.05, 4.69) is 223 Å². The lowest BCUT2D eigenvalue weighted by Gasteiger charge is -2.14. The Morgan fingerprint density at radius 2 is 0.677 bits per heavy atom. The third kappa shape index (κ3) is 5.44. The molecule has 0 saturated heterocycles. The zero-order chi connectivity index (χ0) is 40.7. The van der Waals surface area contributed by atoms with E-state index in [1.54, 1.807) is 0 Å². The highest BCUT2D eigenvalue weighted by Gasteiger charge is 2.19. The van der Waals surface area contributed by atoms with Crippen LogP contribution in [0.5, 0.6) is 0 Å². The van der Waals surface area contributed by atoms with Crippen LogP contribution in [0.25, 0.3) is 126 Å². The number of hydrogen-bond acceptors (Lipinski definition) is 1. The molecule has 2 heteroatoms. The first-order valence-electron chi connectivity index (χ1n) is 21.3. The van der Waals surface area contributed by atoms with Gasteiger partial charge in [0.15, 0.2) is 0 Å². The maximum Gasteiger partial charge on any atom is 0.137 e. The Morgan fingerprint density at radius 3 is 1.29 bits per heavy atom. The minimum atomic E-state index is 0.885. The van der Waals surface area contributed by atoms with Gasteiger partial charge < -0.3 is 8.98 Å². The van der Waals surface area contributed by atoms with Gasteiger partial charge in [0.2, 0.25) is 0 Å². The van der Waals surface area contributed by atoms with Crippen LogP contribution in [-0.4, -0.2) is 4.57 Å². The number of nitrogens with zero attached hydrogens (tertiary/aromatic N) is 1. The SMILES string of the molecule is c1ccc(-c2cc(-c3ccccc3)cc(-n3c4ccc(-c5ccc(-c6ccc7c8ccccc8c8ccccc8c7c6)cc5)cc4c4cc5c(cc43)oc3ccccc35)c2)cc1. The van der Waals surface area contributed by atoms with Crippen LogP contribution in [0.1, 0.15) is 0 Å². The molecule has 0 N–H and O–H groups in total. The van der Waals surface area contributed by atoms with Gasteiger partial charge in [0.25, 0.3) is 0 Å². The van der Waals surface area contributed by atoms with Crippen LogP contribution in [-0.2, 0) is 0 Å². The Balaban J connectivity index is 0.982. The molecule has 2 heterocycles. The summed E-state index contributed by atoms with van der Waals surface area (Å²) in [4.78, 5) is 0. The van der Waals surface area contributed by atoms with Gasteiger partial charge in [-0.3, -0.25) is 0 Å². The number of hydrogen-bond donors (Lipinski definition) is 0. The third-order valence-corrected chi connectivity index (χ3v) is 12.9. The Morgan fingerprint density at radius 1 is 0.226 bits per heavy atom. The number of fused-ring (bicyclic) bond motifs is 12. The standard InChI is InChI=1S/C60H37NO/c1-3-13-38(14-4-1)44-31-45(39-15-5-2-6-16-39)33-46(32-44)61-57-30-28-43(35-54(57)55-36-56-52-21-11-12-22-59(52)62-60(56)37-58(55)61)41-25-23-40(24-26-41)42-27-29-51-49-19-8-7-17-47(49)48-18-9-10-20-50(48)53(51)34-42/h1-37H. The monoisotopic (exact) mass is 787 g/mol. The molecule has 11 aromatic carbocycles. The summed E-state index contributed by atoms with van der Waals surface area (Å²) >= 11 is 0. The Kier molecular flexibility index (Phi) is 7.64. The Labute approximate surface area is 358 Å². The first kappa shape index (κ1) is 34.6. The van der Waals surface area contributed by atoms with E-state index in [1.165, 1.54) is 87.6 Å². The van der Waals surface area contributed by atoms with Crippen LogP contribution >= 0.6 is 0 Å². The van der Waals surface area contributed by atoms with Crippen LogP contribution in [0.2, 0.25) is 0 Å². The molecule has 0 aliphatic heterocycles. The molecule has 0 aliphatic carbocycles. The molecule has 0 aliphatic rings. The van der Waals surface area contributed by atoms with Gasteiger partial charge in [-0.05, 0) is 125 Å². The molecular weight excluding hydrogens is 751 g/mol. The number of rotatable bonds is 5. The zero-order valence-corrected chi connectivity index (χ0v) is 33.7. The molecule has 288 valence electrons. The largest absolute Gasteiger partial charge is 0.456 e. The van der Waals surface area contributed by atoms with Crippen molar-refractivity contribution in [1.82, 2.24) is 4.57 Å². The van der Waals surface area contributed by atoms with E-state index >= 15 is 0 Å². The fraction of sp³-hybridized carbons (Fsp3) is 0. The minimum absolute atomic E-state index is 0.885. The van der Waals surface area contributed by atoms with Crippen molar-refractivity contribution in [3.05, 3.63) is 224 Å². The van der Waals surface area contributed by atoms with Gasteiger partial charge in [-0.2, -0.15) is 0 Å². The highest BCUT2D eigenvalue weighted by molar-refractivity contribution is 6.26. The van der Waals surface area contributed by atoms with Crippen LogP contribution in [0, 0.1) is 0 Å². The summed E-state index contributed by atoms with van der Waals surface area (Å²) in [7, 11) is 0. The first-order chi connectivity index (χ1) is 30.7. The van der Waals surface area contributed by atoms with E-state index < -0.39 is 0 Å². The van der Waals surface area contributed by atoms with Crippen molar-refractivity contribution < 1.29 is 4.42 Å². The zero-order valence-electron chi connectivity index (χ0n) is 33.7. The summed E-state index contributed by atoms with van der Waals surface area (Å²) in [6.07, 6.45) is 0. The highest BCUT2D eigenvalue weighted by Crippen LogP contribution is 2.42. The number of benzene rings is 11. The molecular formula is C60H37NO. The van der Waals surface area contributed by atoms with Gasteiger partial charge in [-0.15, -0.1) is 0 Å². The van der Waals surface area contributed by atoms with Gasteiger partial charge >= 0.3 is 0 Å². The van der Waals surface area contributed by atoms with E-state index in [0.29, 0.717) is 0 Å². The van der Waals surface area contributed by atoms with Crippen LogP contribution in [0.15, 0.2) is 229 Å². The summed E-state index contributed by atoms with van der Waals surface area (Å²) in [5.74, 6) is 0. The molecule has 0 fully saturated rings. The summed E-state index contributed by atoms with van der Waals surface area (Å²) in [6, 6.07) is 81.8. The second kappa shape index (κ2) is 13.7. The van der Waals surface area contributed by atoms with E-state index in [-0.39, 0.29) is 0 Å².